The van der Waals surface area contributed by atoms with E-state index in [0.29, 0.717) is 25.9 Å². The predicted octanol–water partition coefficient (Wildman–Crippen LogP) is 0.578. The molecule has 1 heterocycles. The number of nitrogens with one attached hydrogen (secondary N) is 1. The molecule has 1 aliphatic carbocycles. The Morgan fingerprint density at radius 1 is 1.24 bits per heavy atom. The van der Waals surface area contributed by atoms with Crippen molar-refractivity contribution in [3.8, 4) is 0 Å². The minimum Gasteiger partial charge on any atom is -0.341 e. The molecule has 0 unspecified atom stereocenters. The van der Waals surface area contributed by atoms with Crippen LogP contribution in [0.4, 0.5) is 0 Å². The van der Waals surface area contributed by atoms with Gasteiger partial charge in [-0.2, -0.15) is 0 Å². The van der Waals surface area contributed by atoms with Crippen molar-refractivity contribution in [3.63, 3.8) is 0 Å². The zero-order valence-electron chi connectivity index (χ0n) is 12.8. The lowest BCUT2D eigenvalue weighted by Crippen LogP contribution is -2.58. The van der Waals surface area contributed by atoms with Crippen LogP contribution < -0.4 is 10.5 Å². The van der Waals surface area contributed by atoms with Gasteiger partial charge in [0.15, 0.2) is 0 Å². The second kappa shape index (κ2) is 6.62. The molecule has 0 radical (unpaired) electrons. The number of carbonyl (C=O) groups excluding carboxylic acids is 1. The molecule has 0 aromatic heterocycles. The van der Waals surface area contributed by atoms with E-state index in [2.05, 4.69) is 4.72 Å². The van der Waals surface area contributed by atoms with Crippen LogP contribution in [0.1, 0.15) is 51.9 Å². The molecule has 1 amide bonds. The zero-order chi connectivity index (χ0) is 15.5. The molecular weight excluding hydrogens is 290 g/mol. The molecule has 21 heavy (non-hydrogen) atoms. The average molecular weight is 317 g/mol. The number of amides is 1. The normalized spacial score (nSPS) is 24.0. The number of carbonyl (C=O) groups is 1. The Bertz CT molecular complexity index is 464. The van der Waals surface area contributed by atoms with E-state index in [-0.39, 0.29) is 17.7 Å². The van der Waals surface area contributed by atoms with Crippen LogP contribution in [-0.2, 0) is 14.8 Å². The molecule has 7 heteroatoms. The van der Waals surface area contributed by atoms with Gasteiger partial charge in [-0.15, -0.1) is 0 Å². The maximum absolute atomic E-state index is 12.6. The molecule has 6 nitrogen and oxygen atoms in total. The number of sulfonamides is 1. The Morgan fingerprint density at radius 3 is 2.33 bits per heavy atom. The largest absolute Gasteiger partial charge is 0.341 e. The number of nitrogens with zero attached hydrogens (tertiary/aromatic N) is 1. The Labute approximate surface area is 127 Å². The topological polar surface area (TPSA) is 92.5 Å². The average Bonchev–Trinajstić information content (AvgIpc) is 2.48. The fourth-order valence-corrected chi connectivity index (χ4v) is 4.16. The smallest absolute Gasteiger partial charge is 0.242 e. The Morgan fingerprint density at radius 2 is 1.81 bits per heavy atom. The van der Waals surface area contributed by atoms with Crippen molar-refractivity contribution in [2.45, 2.75) is 63.5 Å². The fourth-order valence-electron chi connectivity index (χ4n) is 3.25. The highest BCUT2D eigenvalue weighted by atomic mass is 32.2. The molecule has 1 saturated heterocycles. The number of piperidine rings is 1. The third kappa shape index (κ3) is 4.17. The fraction of sp³-hybridized carbons (Fsp3) is 0.929. The summed E-state index contributed by atoms with van der Waals surface area (Å²) in [6.07, 6.45) is 6.08. The molecule has 0 aromatic carbocycles. The number of likely N-dealkylation sites (tertiary alicyclic amines) is 1. The van der Waals surface area contributed by atoms with Crippen molar-refractivity contribution in [1.82, 2.24) is 9.62 Å². The maximum atomic E-state index is 12.6. The first-order chi connectivity index (χ1) is 9.86. The lowest BCUT2D eigenvalue weighted by Gasteiger charge is -2.40. The van der Waals surface area contributed by atoms with Crippen LogP contribution in [0.2, 0.25) is 0 Å². The van der Waals surface area contributed by atoms with Crippen LogP contribution in [0.5, 0.6) is 0 Å². The molecule has 0 aromatic rings. The van der Waals surface area contributed by atoms with Crippen LogP contribution in [0.15, 0.2) is 0 Å². The summed E-state index contributed by atoms with van der Waals surface area (Å²) in [4.78, 5) is 14.4. The van der Waals surface area contributed by atoms with Gasteiger partial charge in [0.2, 0.25) is 15.9 Å². The van der Waals surface area contributed by atoms with Crippen molar-refractivity contribution < 1.29 is 13.2 Å². The first-order valence-electron chi connectivity index (χ1n) is 7.94. The number of hydrogen-bond donors (Lipinski definition) is 2. The summed E-state index contributed by atoms with van der Waals surface area (Å²) in [5.41, 5.74) is 5.60. The van der Waals surface area contributed by atoms with Gasteiger partial charge in [0.1, 0.15) is 0 Å². The third-order valence-electron chi connectivity index (χ3n) is 4.68. The highest BCUT2D eigenvalue weighted by Crippen LogP contribution is 2.28. The van der Waals surface area contributed by atoms with E-state index < -0.39 is 15.6 Å². The van der Waals surface area contributed by atoms with E-state index in [1.807, 2.05) is 4.90 Å². The van der Waals surface area contributed by atoms with Crippen molar-refractivity contribution >= 4 is 15.9 Å². The van der Waals surface area contributed by atoms with Gasteiger partial charge >= 0.3 is 0 Å². The van der Waals surface area contributed by atoms with Crippen LogP contribution in [0.3, 0.4) is 0 Å². The quantitative estimate of drug-likeness (QED) is 0.793. The van der Waals surface area contributed by atoms with E-state index in [0.717, 1.165) is 32.1 Å². The first kappa shape index (κ1) is 16.7. The van der Waals surface area contributed by atoms with Crippen molar-refractivity contribution in [2.24, 2.45) is 5.73 Å². The van der Waals surface area contributed by atoms with Gasteiger partial charge < -0.3 is 10.6 Å². The summed E-state index contributed by atoms with van der Waals surface area (Å²) >= 11 is 0. The monoisotopic (exact) mass is 317 g/mol. The van der Waals surface area contributed by atoms with E-state index in [1.54, 1.807) is 6.92 Å². The van der Waals surface area contributed by atoms with Crippen LogP contribution in [-0.4, -0.2) is 49.6 Å². The van der Waals surface area contributed by atoms with Gasteiger partial charge in [-0.1, -0.05) is 19.3 Å². The first-order valence-corrected chi connectivity index (χ1v) is 9.60. The molecule has 122 valence electrons. The van der Waals surface area contributed by atoms with E-state index in [9.17, 15) is 13.2 Å². The Hall–Kier alpha value is -0.660. The van der Waals surface area contributed by atoms with Crippen LogP contribution in [0, 0.1) is 0 Å². The lowest BCUT2D eigenvalue weighted by molar-refractivity contribution is -0.139. The van der Waals surface area contributed by atoms with Crippen molar-refractivity contribution in [3.05, 3.63) is 0 Å². The number of nitrogens with two attached hydrogens (primary N) is 1. The van der Waals surface area contributed by atoms with Gasteiger partial charge in [0.05, 0.1) is 11.3 Å². The predicted molar refractivity (Wildman–Crippen MR) is 82.2 cm³/mol. The van der Waals surface area contributed by atoms with E-state index >= 15 is 0 Å². The highest BCUT2D eigenvalue weighted by molar-refractivity contribution is 7.89. The van der Waals surface area contributed by atoms with Crippen LogP contribution in [0.25, 0.3) is 0 Å². The van der Waals surface area contributed by atoms with E-state index in [4.69, 9.17) is 5.73 Å². The van der Waals surface area contributed by atoms with Crippen LogP contribution >= 0.6 is 0 Å². The molecular formula is C14H27N3O3S. The molecule has 1 saturated carbocycles. The van der Waals surface area contributed by atoms with Gasteiger partial charge in [0.25, 0.3) is 0 Å². The molecule has 0 spiro atoms. The minimum atomic E-state index is -3.17. The Kier molecular flexibility index (Phi) is 5.27. The number of rotatable bonds is 4. The SMILES string of the molecule is CCS(=O)(=O)NC1CCN(C(=O)C2(N)CCCCC2)CC1. The van der Waals surface area contributed by atoms with Crippen molar-refractivity contribution in [1.29, 1.82) is 0 Å². The summed E-state index contributed by atoms with van der Waals surface area (Å²) in [5.74, 6) is 0.150. The van der Waals surface area contributed by atoms with Gasteiger partial charge in [0, 0.05) is 19.1 Å². The molecule has 2 aliphatic rings. The van der Waals surface area contributed by atoms with Gasteiger partial charge in [-0.3, -0.25) is 4.79 Å². The second-order valence-corrected chi connectivity index (χ2v) is 8.35. The number of hydrogen-bond acceptors (Lipinski definition) is 4. The highest BCUT2D eigenvalue weighted by Gasteiger charge is 2.39. The zero-order valence-corrected chi connectivity index (χ0v) is 13.6. The lowest BCUT2D eigenvalue weighted by atomic mass is 9.81. The standard InChI is InChI=1S/C14H27N3O3S/c1-2-21(19,20)16-12-6-10-17(11-7-12)13(18)14(15)8-4-3-5-9-14/h12,16H,2-11,15H2,1H3. The summed E-state index contributed by atoms with van der Waals surface area (Å²) in [6.45, 7) is 2.81. The second-order valence-electron chi connectivity index (χ2n) is 6.30. The summed E-state index contributed by atoms with van der Waals surface area (Å²) < 4.78 is 25.8. The summed E-state index contributed by atoms with van der Waals surface area (Å²) in [6, 6.07) is -0.0564. The minimum absolute atomic E-state index is 0.0546. The molecule has 0 atom stereocenters. The maximum Gasteiger partial charge on any atom is 0.242 e. The van der Waals surface area contributed by atoms with Gasteiger partial charge in [-0.25, -0.2) is 13.1 Å². The van der Waals surface area contributed by atoms with Crippen molar-refractivity contribution in [2.75, 3.05) is 18.8 Å². The summed E-state index contributed by atoms with van der Waals surface area (Å²) in [7, 11) is -3.17. The van der Waals surface area contributed by atoms with Gasteiger partial charge in [-0.05, 0) is 32.6 Å². The Balaban J connectivity index is 1.87. The van der Waals surface area contributed by atoms with E-state index in [1.165, 1.54) is 0 Å². The molecule has 3 N–H and O–H groups in total. The third-order valence-corrected chi connectivity index (χ3v) is 6.13. The molecule has 1 aliphatic heterocycles. The molecule has 2 rings (SSSR count). The molecule has 2 fully saturated rings. The molecule has 0 bridgehead atoms. The summed E-state index contributed by atoms with van der Waals surface area (Å²) in [5, 5.41) is 0.